The van der Waals surface area contributed by atoms with E-state index in [1.165, 1.54) is 4.57 Å². The fourth-order valence-electron chi connectivity index (χ4n) is 2.00. The third kappa shape index (κ3) is 2.65. The smallest absolute Gasteiger partial charge is 0.398 e. The van der Waals surface area contributed by atoms with Crippen LogP contribution in [0, 0.1) is 0 Å². The number of hydrogen-bond acceptors (Lipinski definition) is 4. The van der Waals surface area contributed by atoms with E-state index < -0.39 is 18.3 Å². The van der Waals surface area contributed by atoms with E-state index in [9.17, 15) is 0 Å². The average molecular weight is 352 g/mol. The molecule has 1 aliphatic rings. The highest BCUT2D eigenvalue weighted by atomic mass is 79.9. The molecule has 2 aromatic rings. The minimum Gasteiger partial charge on any atom is -0.398 e. The van der Waals surface area contributed by atoms with Gasteiger partial charge in [0.1, 0.15) is 18.1 Å². The summed E-state index contributed by atoms with van der Waals surface area (Å²) in [5.74, 6) is 0.436. The van der Waals surface area contributed by atoms with Crippen LogP contribution in [0.15, 0.2) is 35.3 Å². The first-order chi connectivity index (χ1) is 10.6. The maximum absolute atomic E-state index is 7.99. The molecule has 3 rings (SSSR count). The van der Waals surface area contributed by atoms with Crippen molar-refractivity contribution in [2.45, 2.75) is 38.9 Å². The van der Waals surface area contributed by atoms with Crippen molar-refractivity contribution in [1.29, 1.82) is 0 Å². The predicted octanol–water partition coefficient (Wildman–Crippen LogP) is 2.33. The topological polar surface area (TPSA) is 49.2 Å². The Hall–Kier alpha value is -1.18. The van der Waals surface area contributed by atoms with Crippen LogP contribution in [0.4, 0.5) is 0 Å². The molecule has 0 bridgehead atoms. The van der Waals surface area contributed by atoms with Crippen LogP contribution in [-0.4, -0.2) is 32.9 Å². The van der Waals surface area contributed by atoms with E-state index in [1.807, 2.05) is 33.8 Å². The summed E-state index contributed by atoms with van der Waals surface area (Å²) in [5.41, 5.74) is -0.298. The van der Waals surface area contributed by atoms with Crippen molar-refractivity contribution in [1.82, 2.24) is 14.5 Å². The second-order valence-electron chi connectivity index (χ2n) is 5.96. The lowest BCUT2D eigenvalue weighted by molar-refractivity contribution is 0.00578. The molecular weight excluding hydrogens is 333 g/mol. The standard InChI is InChI=1S/C14H17BBrN3O2/c1-13(2)14(3,4)21-15(20-13)10-6-5-7-12(18-10)19-8-11(16)17-9-19/h5-9H,1-4H3/i8D,9D. The molecule has 21 heavy (non-hydrogen) atoms. The van der Waals surface area contributed by atoms with Crippen LogP contribution >= 0.6 is 15.9 Å². The van der Waals surface area contributed by atoms with Crippen LogP contribution in [0.3, 0.4) is 0 Å². The summed E-state index contributed by atoms with van der Waals surface area (Å²) in [4.78, 5) is 8.42. The molecule has 1 fully saturated rings. The molecule has 2 aromatic heterocycles. The lowest BCUT2D eigenvalue weighted by atomic mass is 9.84. The maximum Gasteiger partial charge on any atom is 0.514 e. The van der Waals surface area contributed by atoms with Gasteiger partial charge >= 0.3 is 7.12 Å². The number of pyridine rings is 1. The minimum atomic E-state index is -0.588. The summed E-state index contributed by atoms with van der Waals surface area (Å²) < 4.78 is 29.5. The number of nitrogens with zero attached hydrogens (tertiary/aromatic N) is 3. The molecule has 0 atom stereocenters. The molecule has 1 saturated heterocycles. The summed E-state index contributed by atoms with van der Waals surface area (Å²) in [7, 11) is -0.588. The van der Waals surface area contributed by atoms with Crippen LogP contribution in [0.5, 0.6) is 0 Å². The Morgan fingerprint density at radius 1 is 1.24 bits per heavy atom. The van der Waals surface area contributed by atoms with E-state index in [0.717, 1.165) is 0 Å². The van der Waals surface area contributed by atoms with Crippen LogP contribution in [0.25, 0.3) is 5.82 Å². The van der Waals surface area contributed by atoms with Crippen LogP contribution in [0.2, 0.25) is 0 Å². The number of imidazole rings is 1. The van der Waals surface area contributed by atoms with Gasteiger partial charge in [0.25, 0.3) is 0 Å². The van der Waals surface area contributed by atoms with Gasteiger partial charge in [-0.05, 0) is 55.8 Å². The van der Waals surface area contributed by atoms with Crippen LogP contribution in [0.1, 0.15) is 30.4 Å². The minimum absolute atomic E-state index is 0.0551. The molecule has 0 N–H and O–H groups in total. The number of aromatic nitrogens is 3. The molecule has 7 heteroatoms. The first kappa shape index (κ1) is 12.4. The van der Waals surface area contributed by atoms with E-state index in [-0.39, 0.29) is 12.5 Å². The SMILES string of the molecule is [2H]c1nc(Br)c([2H])n1-c1cccc(B2OC(C)(C)C(C)(C)O2)n1. The van der Waals surface area contributed by atoms with E-state index in [0.29, 0.717) is 16.0 Å². The summed E-state index contributed by atoms with van der Waals surface area (Å²) in [6.45, 7) is 7.92. The van der Waals surface area contributed by atoms with Crippen molar-refractivity contribution >= 4 is 28.6 Å². The Labute approximate surface area is 135 Å². The quantitative estimate of drug-likeness (QED) is 0.779. The fraction of sp³-hybridized carbons (Fsp3) is 0.429. The van der Waals surface area contributed by atoms with Gasteiger partial charge in [0.15, 0.2) is 0 Å². The van der Waals surface area contributed by atoms with E-state index in [1.54, 1.807) is 12.1 Å². The average Bonchev–Trinajstić information content (AvgIpc) is 2.83. The van der Waals surface area contributed by atoms with Gasteiger partial charge in [0.2, 0.25) is 0 Å². The van der Waals surface area contributed by atoms with Gasteiger partial charge in [-0.25, -0.2) is 9.97 Å². The zero-order chi connectivity index (χ0) is 17.0. The Morgan fingerprint density at radius 2 is 1.90 bits per heavy atom. The predicted molar refractivity (Wildman–Crippen MR) is 84.8 cm³/mol. The van der Waals surface area contributed by atoms with Gasteiger partial charge in [-0.3, -0.25) is 4.57 Å². The maximum atomic E-state index is 7.99. The first-order valence-electron chi connectivity index (χ1n) is 7.67. The fourth-order valence-corrected chi connectivity index (χ4v) is 2.26. The Kier molecular flexibility index (Phi) is 2.91. The zero-order valence-electron chi connectivity index (χ0n) is 14.3. The number of halogens is 1. The third-order valence-corrected chi connectivity index (χ3v) is 4.29. The summed E-state index contributed by atoms with van der Waals surface area (Å²) >= 11 is 3.16. The normalized spacial score (nSPS) is 21.3. The third-order valence-electron chi connectivity index (χ3n) is 3.93. The first-order valence-corrected chi connectivity index (χ1v) is 7.46. The molecule has 1 aliphatic heterocycles. The van der Waals surface area contributed by atoms with Crippen molar-refractivity contribution in [3.63, 3.8) is 0 Å². The molecule has 5 nitrogen and oxygen atoms in total. The molecule has 0 aromatic carbocycles. The lowest BCUT2D eigenvalue weighted by Crippen LogP contribution is -2.41. The van der Waals surface area contributed by atoms with Crippen molar-refractivity contribution < 1.29 is 12.1 Å². The van der Waals surface area contributed by atoms with Crippen LogP contribution < -0.4 is 5.59 Å². The molecule has 3 heterocycles. The Bertz CT molecular complexity index is 750. The Morgan fingerprint density at radius 3 is 2.48 bits per heavy atom. The van der Waals surface area contributed by atoms with Crippen molar-refractivity contribution in [3.8, 4) is 5.82 Å². The lowest BCUT2D eigenvalue weighted by Gasteiger charge is -2.32. The molecule has 0 aliphatic carbocycles. The molecule has 110 valence electrons. The van der Waals surface area contributed by atoms with Crippen molar-refractivity contribution in [2.24, 2.45) is 0 Å². The Balaban J connectivity index is 1.99. The highest BCUT2D eigenvalue weighted by Crippen LogP contribution is 2.36. The second-order valence-corrected chi connectivity index (χ2v) is 6.71. The van der Waals surface area contributed by atoms with Gasteiger partial charge in [0.05, 0.1) is 18.2 Å². The number of hydrogen-bond donors (Lipinski definition) is 0. The highest BCUT2D eigenvalue weighted by molar-refractivity contribution is 9.10. The highest BCUT2D eigenvalue weighted by Gasteiger charge is 2.52. The monoisotopic (exact) mass is 351 g/mol. The molecule has 0 saturated carbocycles. The van der Waals surface area contributed by atoms with Gasteiger partial charge in [-0.15, -0.1) is 0 Å². The molecular formula is C14H17BBrN3O2. The second kappa shape index (κ2) is 4.93. The largest absolute Gasteiger partial charge is 0.514 e. The molecule has 0 amide bonds. The molecule has 0 radical (unpaired) electrons. The summed E-state index contributed by atoms with van der Waals surface area (Å²) in [6, 6.07) is 5.33. The van der Waals surface area contributed by atoms with Crippen molar-refractivity contribution in [3.05, 3.63) is 35.3 Å². The van der Waals surface area contributed by atoms with Crippen molar-refractivity contribution in [2.75, 3.05) is 0 Å². The number of rotatable bonds is 2. The van der Waals surface area contributed by atoms with E-state index in [4.69, 9.17) is 12.1 Å². The van der Waals surface area contributed by atoms with Gasteiger partial charge in [-0.2, -0.15) is 0 Å². The van der Waals surface area contributed by atoms with Gasteiger partial charge in [0, 0.05) is 6.17 Å². The van der Waals surface area contributed by atoms with E-state index in [2.05, 4.69) is 25.9 Å². The molecule has 0 spiro atoms. The van der Waals surface area contributed by atoms with Gasteiger partial charge < -0.3 is 9.31 Å². The molecule has 0 unspecified atom stereocenters. The van der Waals surface area contributed by atoms with E-state index >= 15 is 0 Å². The van der Waals surface area contributed by atoms with Gasteiger partial charge in [-0.1, -0.05) is 6.07 Å². The van der Waals surface area contributed by atoms with Crippen LogP contribution in [-0.2, 0) is 9.31 Å². The summed E-state index contributed by atoms with van der Waals surface area (Å²) in [6.07, 6.45) is 0.0222. The zero-order valence-corrected chi connectivity index (χ0v) is 13.9. The summed E-state index contributed by atoms with van der Waals surface area (Å²) in [5, 5.41) is 0.